The fraction of sp³-hybridized carbons (Fsp3) is 0.333. The Labute approximate surface area is 147 Å². The summed E-state index contributed by atoms with van der Waals surface area (Å²) in [6.07, 6.45) is 2.04. The summed E-state index contributed by atoms with van der Waals surface area (Å²) in [5.41, 5.74) is 2.78. The lowest BCUT2D eigenvalue weighted by Crippen LogP contribution is -2.35. The molecule has 0 spiro atoms. The first kappa shape index (κ1) is 17.4. The topological polar surface area (TPSA) is 88.2 Å². The second-order valence-corrected chi connectivity index (χ2v) is 8.57. The van der Waals surface area contributed by atoms with Crippen LogP contribution in [0.15, 0.2) is 42.6 Å². The van der Waals surface area contributed by atoms with Gasteiger partial charge in [-0.1, -0.05) is 29.8 Å². The zero-order valence-electron chi connectivity index (χ0n) is 14.0. The minimum absolute atomic E-state index is 0.0162. The Morgan fingerprint density at radius 3 is 2.84 bits per heavy atom. The van der Waals surface area contributed by atoms with Gasteiger partial charge in [0.1, 0.15) is 5.82 Å². The van der Waals surface area contributed by atoms with Crippen LogP contribution in [-0.4, -0.2) is 36.9 Å². The molecule has 132 valence electrons. The van der Waals surface area contributed by atoms with Crippen LogP contribution in [0.5, 0.6) is 0 Å². The van der Waals surface area contributed by atoms with E-state index in [9.17, 15) is 13.2 Å². The number of carbonyl (C=O) groups is 1. The van der Waals surface area contributed by atoms with Gasteiger partial charge in [-0.15, -0.1) is 0 Å². The molecule has 1 aromatic carbocycles. The minimum atomic E-state index is -3.01. The van der Waals surface area contributed by atoms with Crippen molar-refractivity contribution < 1.29 is 13.2 Å². The summed E-state index contributed by atoms with van der Waals surface area (Å²) in [7, 11) is -3.01. The second-order valence-electron chi connectivity index (χ2n) is 6.35. The third-order valence-electron chi connectivity index (χ3n) is 4.15. The number of rotatable bonds is 5. The smallest absolute Gasteiger partial charge is 0.251 e. The Morgan fingerprint density at radius 1 is 1.28 bits per heavy atom. The quantitative estimate of drug-likeness (QED) is 0.851. The van der Waals surface area contributed by atoms with Crippen LogP contribution in [-0.2, 0) is 16.4 Å². The monoisotopic (exact) mass is 359 g/mol. The molecule has 2 heterocycles. The van der Waals surface area contributed by atoms with E-state index < -0.39 is 9.84 Å². The lowest BCUT2D eigenvalue weighted by Gasteiger charge is -2.12. The van der Waals surface area contributed by atoms with Gasteiger partial charge < -0.3 is 10.6 Å². The molecule has 6 nitrogen and oxygen atoms in total. The molecule has 1 aliphatic rings. The average Bonchev–Trinajstić information content (AvgIpc) is 2.92. The van der Waals surface area contributed by atoms with Crippen molar-refractivity contribution in [3.63, 3.8) is 0 Å². The minimum Gasteiger partial charge on any atom is -0.366 e. The second kappa shape index (κ2) is 7.23. The highest BCUT2D eigenvalue weighted by molar-refractivity contribution is 7.91. The maximum Gasteiger partial charge on any atom is 0.251 e. The lowest BCUT2D eigenvalue weighted by molar-refractivity contribution is 0.0941. The molecule has 0 saturated carbocycles. The zero-order valence-corrected chi connectivity index (χ0v) is 14.8. The summed E-state index contributed by atoms with van der Waals surface area (Å²) in [5, 5.41) is 5.99. The van der Waals surface area contributed by atoms with Crippen molar-refractivity contribution in [3.8, 4) is 0 Å². The Morgan fingerprint density at radius 2 is 2.12 bits per heavy atom. The van der Waals surface area contributed by atoms with Crippen molar-refractivity contribution in [1.29, 1.82) is 0 Å². The summed E-state index contributed by atoms with van der Waals surface area (Å²) in [6, 6.07) is 11.1. The Hall–Kier alpha value is -2.41. The fourth-order valence-electron chi connectivity index (χ4n) is 2.86. The number of nitrogens with one attached hydrogen (secondary N) is 2. The number of benzene rings is 1. The van der Waals surface area contributed by atoms with Gasteiger partial charge in [-0.3, -0.25) is 4.79 Å². The van der Waals surface area contributed by atoms with Crippen LogP contribution in [0.25, 0.3) is 0 Å². The number of pyridine rings is 1. The molecule has 0 aliphatic carbocycles. The van der Waals surface area contributed by atoms with Gasteiger partial charge in [0.15, 0.2) is 9.84 Å². The molecule has 0 bridgehead atoms. The van der Waals surface area contributed by atoms with Crippen molar-refractivity contribution in [1.82, 2.24) is 10.3 Å². The van der Waals surface area contributed by atoms with Gasteiger partial charge in [0.25, 0.3) is 5.91 Å². The molecule has 25 heavy (non-hydrogen) atoms. The van der Waals surface area contributed by atoms with E-state index in [0.717, 1.165) is 5.56 Å². The van der Waals surface area contributed by atoms with Crippen molar-refractivity contribution in [3.05, 3.63) is 59.3 Å². The highest BCUT2D eigenvalue weighted by Crippen LogP contribution is 2.14. The first-order valence-corrected chi connectivity index (χ1v) is 10.0. The van der Waals surface area contributed by atoms with E-state index in [0.29, 0.717) is 24.3 Å². The molecule has 2 aromatic rings. The van der Waals surface area contributed by atoms with Crippen LogP contribution in [0.2, 0.25) is 0 Å². The first-order chi connectivity index (χ1) is 11.9. The van der Waals surface area contributed by atoms with E-state index in [2.05, 4.69) is 21.7 Å². The number of aromatic nitrogens is 1. The average molecular weight is 359 g/mol. The van der Waals surface area contributed by atoms with Gasteiger partial charge in [0.05, 0.1) is 11.5 Å². The molecule has 0 radical (unpaired) electrons. The Bertz CT molecular complexity index is 881. The molecular formula is C18H21N3O3S. The number of amides is 1. The number of carbonyl (C=O) groups excluding carboxylic acids is 1. The largest absolute Gasteiger partial charge is 0.366 e. The van der Waals surface area contributed by atoms with Crippen molar-refractivity contribution in [2.75, 3.05) is 16.8 Å². The molecular weight excluding hydrogens is 338 g/mol. The van der Waals surface area contributed by atoms with E-state index in [1.54, 1.807) is 18.3 Å². The standard InChI is InChI=1S/C18H21N3O3S/c1-13-3-2-4-14(9-13)11-20-17-10-15(5-7-19-17)18(22)21-16-6-8-25(23,24)12-16/h2-5,7,9-10,16H,6,8,11-12H2,1H3,(H,19,20)(H,21,22). The number of sulfone groups is 1. The number of hydrogen-bond donors (Lipinski definition) is 2. The summed E-state index contributed by atoms with van der Waals surface area (Å²) in [4.78, 5) is 16.5. The van der Waals surface area contributed by atoms with Crippen LogP contribution in [0.1, 0.15) is 27.9 Å². The van der Waals surface area contributed by atoms with Crippen LogP contribution < -0.4 is 10.6 Å². The fourth-order valence-corrected chi connectivity index (χ4v) is 4.53. The van der Waals surface area contributed by atoms with Gasteiger partial charge in [-0.25, -0.2) is 13.4 Å². The number of nitrogens with zero attached hydrogens (tertiary/aromatic N) is 1. The first-order valence-electron chi connectivity index (χ1n) is 8.18. The van der Waals surface area contributed by atoms with E-state index >= 15 is 0 Å². The van der Waals surface area contributed by atoms with Crippen LogP contribution in [0.3, 0.4) is 0 Å². The number of anilines is 1. The highest BCUT2D eigenvalue weighted by atomic mass is 32.2. The maximum absolute atomic E-state index is 12.3. The maximum atomic E-state index is 12.3. The molecule has 1 saturated heterocycles. The van der Waals surface area contributed by atoms with E-state index in [-0.39, 0.29) is 23.5 Å². The SMILES string of the molecule is Cc1cccc(CNc2cc(C(=O)NC3CCS(=O)(=O)C3)ccn2)c1. The van der Waals surface area contributed by atoms with Gasteiger partial charge >= 0.3 is 0 Å². The van der Waals surface area contributed by atoms with Crippen LogP contribution in [0.4, 0.5) is 5.82 Å². The van der Waals surface area contributed by atoms with Gasteiger partial charge in [-0.2, -0.15) is 0 Å². The van der Waals surface area contributed by atoms with Gasteiger partial charge in [0, 0.05) is 24.3 Å². The summed E-state index contributed by atoms with van der Waals surface area (Å²) in [5.74, 6) is 0.483. The van der Waals surface area contributed by atoms with Crippen molar-refractivity contribution in [2.24, 2.45) is 0 Å². The molecule has 7 heteroatoms. The predicted molar refractivity (Wildman–Crippen MR) is 97.3 cm³/mol. The third kappa shape index (κ3) is 4.79. The van der Waals surface area contributed by atoms with Crippen LogP contribution in [0, 0.1) is 6.92 Å². The number of aryl methyl sites for hydroxylation is 1. The summed E-state index contributed by atoms with van der Waals surface area (Å²) < 4.78 is 23.0. The Balaban J connectivity index is 1.62. The molecule has 1 fully saturated rings. The molecule has 1 amide bonds. The van der Waals surface area contributed by atoms with Crippen molar-refractivity contribution >= 4 is 21.6 Å². The molecule has 1 unspecified atom stereocenters. The molecule has 1 aromatic heterocycles. The van der Waals surface area contributed by atoms with Crippen LogP contribution >= 0.6 is 0 Å². The number of hydrogen-bond acceptors (Lipinski definition) is 5. The predicted octanol–water partition coefficient (Wildman–Crippen LogP) is 1.92. The van der Waals surface area contributed by atoms with Gasteiger partial charge in [0.2, 0.25) is 0 Å². The summed E-state index contributed by atoms with van der Waals surface area (Å²) in [6.45, 7) is 2.65. The molecule has 3 rings (SSSR count). The van der Waals surface area contributed by atoms with Gasteiger partial charge in [-0.05, 0) is 31.0 Å². The summed E-state index contributed by atoms with van der Waals surface area (Å²) >= 11 is 0. The molecule has 2 N–H and O–H groups in total. The van der Waals surface area contributed by atoms with Crippen molar-refractivity contribution in [2.45, 2.75) is 25.9 Å². The molecule has 1 aliphatic heterocycles. The van der Waals surface area contributed by atoms with E-state index in [1.807, 2.05) is 25.1 Å². The zero-order chi connectivity index (χ0) is 17.9. The lowest BCUT2D eigenvalue weighted by atomic mass is 10.1. The van der Waals surface area contributed by atoms with E-state index in [1.165, 1.54) is 5.56 Å². The van der Waals surface area contributed by atoms with E-state index in [4.69, 9.17) is 0 Å². The normalized spacial score (nSPS) is 18.7. The molecule has 1 atom stereocenters. The third-order valence-corrected chi connectivity index (χ3v) is 5.91. The highest BCUT2D eigenvalue weighted by Gasteiger charge is 2.29. The Kier molecular flexibility index (Phi) is 5.03.